The lowest BCUT2D eigenvalue weighted by Gasteiger charge is -2.37. The molecule has 0 saturated heterocycles. The summed E-state index contributed by atoms with van der Waals surface area (Å²) in [7, 11) is 0. The molecule has 0 aliphatic heterocycles. The maximum absolute atomic E-state index is 5.18. The van der Waals surface area contributed by atoms with Crippen LogP contribution in [-0.2, 0) is 5.41 Å². The van der Waals surface area contributed by atoms with Crippen molar-refractivity contribution < 1.29 is 0 Å². The molecule has 3 nitrogen and oxygen atoms in total. The topological polar surface area (TPSA) is 38.7 Å². The predicted molar refractivity (Wildman–Crippen MR) is 249 cm³/mol. The van der Waals surface area contributed by atoms with Gasteiger partial charge >= 0.3 is 0 Å². The molecule has 0 N–H and O–H groups in total. The van der Waals surface area contributed by atoms with Crippen LogP contribution >= 0.6 is 0 Å². The Bertz CT molecular complexity index is 2840. The van der Waals surface area contributed by atoms with Crippen LogP contribution in [0.5, 0.6) is 0 Å². The minimum atomic E-state index is -0.252. The van der Waals surface area contributed by atoms with Crippen molar-refractivity contribution in [3.05, 3.63) is 198 Å². The second-order valence-corrected chi connectivity index (χ2v) is 17.1. The number of fused-ring (bicyclic) bond motifs is 3. The summed E-state index contributed by atoms with van der Waals surface area (Å²) in [5, 5.41) is 0. The molecule has 0 bridgehead atoms. The lowest BCUT2D eigenvalue weighted by Crippen LogP contribution is -2.28. The molecule has 2 aliphatic carbocycles. The monoisotopic (exact) mass is 775 g/mol. The predicted octanol–water partition coefficient (Wildman–Crippen LogP) is 14.9. The smallest absolute Gasteiger partial charge is 0.164 e. The van der Waals surface area contributed by atoms with Gasteiger partial charge < -0.3 is 0 Å². The fourth-order valence-corrected chi connectivity index (χ4v) is 9.81. The fourth-order valence-electron chi connectivity index (χ4n) is 9.81. The molecule has 0 saturated carbocycles. The van der Waals surface area contributed by atoms with E-state index in [1.54, 1.807) is 5.57 Å². The van der Waals surface area contributed by atoms with Crippen LogP contribution in [0.4, 0.5) is 0 Å². The van der Waals surface area contributed by atoms with Crippen molar-refractivity contribution in [2.45, 2.75) is 52.4 Å². The van der Waals surface area contributed by atoms with Crippen LogP contribution in [0.15, 0.2) is 182 Å². The average molecular weight is 776 g/mol. The average Bonchev–Trinajstić information content (AvgIpc) is 3.56. The van der Waals surface area contributed by atoms with Crippen LogP contribution in [0, 0.1) is 18.8 Å². The molecule has 0 amide bonds. The highest BCUT2D eigenvalue weighted by atomic mass is 15.0. The zero-order chi connectivity index (χ0) is 40.8. The Labute approximate surface area is 354 Å². The van der Waals surface area contributed by atoms with Gasteiger partial charge in [-0.1, -0.05) is 177 Å². The van der Waals surface area contributed by atoms with Crippen molar-refractivity contribution in [2.24, 2.45) is 11.8 Å². The van der Waals surface area contributed by atoms with E-state index in [9.17, 15) is 0 Å². The number of nitrogens with zero attached hydrogens (tertiary/aromatic N) is 3. The van der Waals surface area contributed by atoms with Crippen molar-refractivity contribution >= 4 is 0 Å². The molecule has 3 heteroatoms. The molecule has 60 heavy (non-hydrogen) atoms. The summed E-state index contributed by atoms with van der Waals surface area (Å²) in [6.45, 7) is 9.42. The normalized spacial score (nSPS) is 18.1. The second kappa shape index (κ2) is 15.5. The van der Waals surface area contributed by atoms with Gasteiger partial charge in [-0.2, -0.15) is 0 Å². The van der Waals surface area contributed by atoms with E-state index in [-0.39, 0.29) is 5.41 Å². The van der Waals surface area contributed by atoms with Crippen LogP contribution in [0.25, 0.3) is 78.7 Å². The summed E-state index contributed by atoms with van der Waals surface area (Å²) in [6.07, 6.45) is 6.19. The highest BCUT2D eigenvalue weighted by Crippen LogP contribution is 2.56. The third kappa shape index (κ3) is 6.88. The molecule has 7 aromatic carbocycles. The number of aromatic nitrogens is 3. The van der Waals surface area contributed by atoms with E-state index in [0.29, 0.717) is 29.3 Å². The first-order valence-corrected chi connectivity index (χ1v) is 21.5. The van der Waals surface area contributed by atoms with Crippen molar-refractivity contribution in [1.82, 2.24) is 15.0 Å². The number of rotatable bonds is 8. The molecule has 8 aromatic rings. The molecule has 0 spiro atoms. The number of hydrogen-bond donors (Lipinski definition) is 0. The standard InChI is InChI=1S/C57H49N3/c1-5-39-28-38(3)30-49(31-39)57(4)52-27-25-44(40-17-9-6-10-18-40)35-51(52)50-26-24-45(36-53(50)57)47-32-46(43-23-15-16-37(2)29-43)33-48(34-47)56-59-54(41-19-11-7-12-20-41)58-55(60-56)42-21-13-8-14-22-42/h6-27,29-30,32-36,38-39H,5,28,31H2,1-4H3. The van der Waals surface area contributed by atoms with Crippen LogP contribution in [-0.4, -0.2) is 15.0 Å². The van der Waals surface area contributed by atoms with Gasteiger partial charge in [0.2, 0.25) is 0 Å². The second-order valence-electron chi connectivity index (χ2n) is 17.1. The van der Waals surface area contributed by atoms with Gasteiger partial charge in [-0.05, 0) is 124 Å². The number of allylic oxidation sites excluding steroid dienone is 2. The molecule has 3 atom stereocenters. The van der Waals surface area contributed by atoms with Gasteiger partial charge in [0.05, 0.1) is 0 Å². The lowest BCUT2D eigenvalue weighted by molar-refractivity contribution is 0.373. The van der Waals surface area contributed by atoms with Gasteiger partial charge in [0.15, 0.2) is 17.5 Å². The van der Waals surface area contributed by atoms with Gasteiger partial charge in [0, 0.05) is 22.1 Å². The van der Waals surface area contributed by atoms with E-state index in [1.807, 2.05) is 36.4 Å². The maximum atomic E-state index is 5.18. The van der Waals surface area contributed by atoms with Crippen LogP contribution < -0.4 is 0 Å². The van der Waals surface area contributed by atoms with Crippen molar-refractivity contribution in [1.29, 1.82) is 0 Å². The Morgan fingerprint density at radius 1 is 0.483 bits per heavy atom. The first kappa shape index (κ1) is 37.6. The van der Waals surface area contributed by atoms with Crippen LogP contribution in [0.2, 0.25) is 0 Å². The first-order chi connectivity index (χ1) is 29.3. The lowest BCUT2D eigenvalue weighted by atomic mass is 9.66. The molecule has 10 rings (SSSR count). The zero-order valence-corrected chi connectivity index (χ0v) is 34.9. The van der Waals surface area contributed by atoms with E-state index in [4.69, 9.17) is 15.0 Å². The molecule has 3 unspecified atom stereocenters. The Balaban J connectivity index is 1.18. The van der Waals surface area contributed by atoms with E-state index in [2.05, 4.69) is 167 Å². The first-order valence-electron chi connectivity index (χ1n) is 21.5. The Hall–Kier alpha value is -6.71. The van der Waals surface area contributed by atoms with E-state index >= 15 is 0 Å². The van der Waals surface area contributed by atoms with Gasteiger partial charge in [0.1, 0.15) is 0 Å². The minimum absolute atomic E-state index is 0.252. The summed E-state index contributed by atoms with van der Waals surface area (Å²) in [4.78, 5) is 15.4. The Kier molecular flexibility index (Phi) is 9.68. The SMILES string of the molecule is CCC1CC(C2(C)c3ccc(-c4ccccc4)cc3-c3ccc(-c4cc(-c5cccc(C)c5)cc(-c5nc(-c6ccccc6)nc(-c6ccccc6)n5)c4)cc32)=CC(C)C1. The van der Waals surface area contributed by atoms with Gasteiger partial charge in [0.25, 0.3) is 0 Å². The number of hydrogen-bond acceptors (Lipinski definition) is 3. The fraction of sp³-hybridized carbons (Fsp3) is 0.175. The van der Waals surface area contributed by atoms with E-state index in [1.165, 1.54) is 57.3 Å². The zero-order valence-electron chi connectivity index (χ0n) is 34.9. The largest absolute Gasteiger partial charge is 0.208 e. The maximum Gasteiger partial charge on any atom is 0.164 e. The molecular weight excluding hydrogens is 727 g/mol. The molecule has 1 aromatic heterocycles. The Morgan fingerprint density at radius 3 is 1.63 bits per heavy atom. The Morgan fingerprint density at radius 2 is 1.02 bits per heavy atom. The highest BCUT2D eigenvalue weighted by Gasteiger charge is 2.44. The van der Waals surface area contributed by atoms with Crippen LogP contribution in [0.1, 0.15) is 56.7 Å². The van der Waals surface area contributed by atoms with Gasteiger partial charge in [-0.15, -0.1) is 0 Å². The number of aryl methyl sites for hydroxylation is 1. The summed E-state index contributed by atoms with van der Waals surface area (Å²) in [5.41, 5.74) is 18.0. The van der Waals surface area contributed by atoms with Gasteiger partial charge in [-0.25, -0.2) is 15.0 Å². The van der Waals surface area contributed by atoms with E-state index in [0.717, 1.165) is 39.8 Å². The van der Waals surface area contributed by atoms with Gasteiger partial charge in [-0.3, -0.25) is 0 Å². The van der Waals surface area contributed by atoms with Crippen molar-refractivity contribution in [3.8, 4) is 78.7 Å². The van der Waals surface area contributed by atoms with Crippen molar-refractivity contribution in [2.75, 3.05) is 0 Å². The molecule has 0 fully saturated rings. The summed E-state index contributed by atoms with van der Waals surface area (Å²) in [6, 6.07) is 61.3. The highest BCUT2D eigenvalue weighted by molar-refractivity contribution is 5.89. The summed E-state index contributed by atoms with van der Waals surface area (Å²) in [5.74, 6) is 3.20. The summed E-state index contributed by atoms with van der Waals surface area (Å²) < 4.78 is 0. The molecule has 1 heterocycles. The van der Waals surface area contributed by atoms with Crippen LogP contribution in [0.3, 0.4) is 0 Å². The third-order valence-corrected chi connectivity index (χ3v) is 13.0. The quantitative estimate of drug-likeness (QED) is 0.144. The third-order valence-electron chi connectivity index (χ3n) is 13.0. The minimum Gasteiger partial charge on any atom is -0.208 e. The molecule has 2 aliphatic rings. The molecule has 292 valence electrons. The molecule has 0 radical (unpaired) electrons. The van der Waals surface area contributed by atoms with E-state index < -0.39 is 0 Å². The number of benzene rings is 7. The van der Waals surface area contributed by atoms with Crippen molar-refractivity contribution in [3.63, 3.8) is 0 Å². The molecular formula is C57H49N3. The summed E-state index contributed by atoms with van der Waals surface area (Å²) >= 11 is 0.